The number of benzene rings is 1. The predicted octanol–water partition coefficient (Wildman–Crippen LogP) is 3.49. The summed E-state index contributed by atoms with van der Waals surface area (Å²) in [5.74, 6) is 0. The highest BCUT2D eigenvalue weighted by Gasteiger charge is 2.24. The molecule has 1 aromatic rings. The fourth-order valence-corrected chi connectivity index (χ4v) is 3.60. The molecule has 1 fully saturated rings. The first-order chi connectivity index (χ1) is 9.45. The van der Waals surface area contributed by atoms with Gasteiger partial charge in [-0.3, -0.25) is 4.90 Å². The molecule has 0 saturated carbocycles. The highest BCUT2D eigenvalue weighted by Crippen LogP contribution is 2.30. The number of likely N-dealkylation sites (tertiary alicyclic amines) is 1. The number of rotatable bonds is 1. The minimum Gasteiger partial charge on any atom is -0.313 e. The van der Waals surface area contributed by atoms with Crippen LogP contribution >= 0.6 is 0 Å². The quantitative estimate of drug-likeness (QED) is 0.829. The van der Waals surface area contributed by atoms with Crippen LogP contribution in [0.4, 0.5) is 0 Å². The van der Waals surface area contributed by atoms with E-state index in [1.807, 2.05) is 0 Å². The van der Waals surface area contributed by atoms with Crippen LogP contribution in [-0.4, -0.2) is 24.5 Å². The third-order valence-corrected chi connectivity index (χ3v) is 4.66. The maximum absolute atomic E-state index is 3.57. The zero-order valence-corrected chi connectivity index (χ0v) is 11.9. The van der Waals surface area contributed by atoms with Crippen molar-refractivity contribution in [2.24, 2.45) is 0 Å². The molecule has 1 atom stereocenters. The lowest BCUT2D eigenvalue weighted by Crippen LogP contribution is -2.32. The van der Waals surface area contributed by atoms with E-state index in [4.69, 9.17) is 0 Å². The van der Waals surface area contributed by atoms with Gasteiger partial charge in [-0.2, -0.15) is 0 Å². The van der Waals surface area contributed by atoms with E-state index in [0.29, 0.717) is 6.04 Å². The van der Waals surface area contributed by atoms with Crippen molar-refractivity contribution in [2.75, 3.05) is 19.6 Å². The molecule has 2 aliphatic rings. The second-order valence-corrected chi connectivity index (χ2v) is 5.98. The van der Waals surface area contributed by atoms with Crippen LogP contribution in [0.3, 0.4) is 0 Å². The predicted molar refractivity (Wildman–Crippen MR) is 80.2 cm³/mol. The van der Waals surface area contributed by atoms with Gasteiger partial charge in [0.15, 0.2) is 0 Å². The standard InChI is InChI=1S/C17H26N2/c1-2-6-12-19(13-7-3-1)17-10-11-18-14-15-8-4-5-9-16(15)17/h4-5,8-9,17-18H,1-3,6-7,10-14H2. The zero-order valence-electron chi connectivity index (χ0n) is 11.9. The van der Waals surface area contributed by atoms with Gasteiger partial charge in [0.25, 0.3) is 0 Å². The zero-order chi connectivity index (χ0) is 12.9. The van der Waals surface area contributed by atoms with Gasteiger partial charge < -0.3 is 5.32 Å². The second-order valence-electron chi connectivity index (χ2n) is 5.98. The maximum Gasteiger partial charge on any atom is 0.0363 e. The number of hydrogen-bond donors (Lipinski definition) is 1. The van der Waals surface area contributed by atoms with Gasteiger partial charge in [0.2, 0.25) is 0 Å². The number of fused-ring (bicyclic) bond motifs is 1. The first-order valence-corrected chi connectivity index (χ1v) is 7.98. The summed E-state index contributed by atoms with van der Waals surface area (Å²) >= 11 is 0. The molecule has 2 heterocycles. The van der Waals surface area contributed by atoms with Crippen molar-refractivity contribution in [3.05, 3.63) is 35.4 Å². The number of hydrogen-bond acceptors (Lipinski definition) is 2. The maximum atomic E-state index is 3.57. The van der Waals surface area contributed by atoms with E-state index < -0.39 is 0 Å². The van der Waals surface area contributed by atoms with Gasteiger partial charge in [-0.15, -0.1) is 0 Å². The molecule has 1 saturated heterocycles. The molecule has 19 heavy (non-hydrogen) atoms. The van der Waals surface area contributed by atoms with Crippen LogP contribution in [-0.2, 0) is 6.54 Å². The molecule has 0 spiro atoms. The van der Waals surface area contributed by atoms with E-state index >= 15 is 0 Å². The topological polar surface area (TPSA) is 15.3 Å². The fourth-order valence-electron chi connectivity index (χ4n) is 3.60. The van der Waals surface area contributed by atoms with Crippen LogP contribution in [0.1, 0.15) is 55.7 Å². The summed E-state index contributed by atoms with van der Waals surface area (Å²) in [5, 5.41) is 3.57. The summed E-state index contributed by atoms with van der Waals surface area (Å²) in [6.45, 7) is 4.77. The Labute approximate surface area is 117 Å². The lowest BCUT2D eigenvalue weighted by atomic mass is 9.96. The number of nitrogens with one attached hydrogen (secondary N) is 1. The van der Waals surface area contributed by atoms with Crippen LogP contribution in [0.15, 0.2) is 24.3 Å². The second kappa shape index (κ2) is 6.53. The monoisotopic (exact) mass is 258 g/mol. The molecule has 1 aromatic carbocycles. The molecule has 1 N–H and O–H groups in total. The molecule has 2 nitrogen and oxygen atoms in total. The summed E-state index contributed by atoms with van der Waals surface area (Å²) in [6.07, 6.45) is 8.30. The lowest BCUT2D eigenvalue weighted by molar-refractivity contribution is 0.172. The Hall–Kier alpha value is -0.860. The van der Waals surface area contributed by atoms with Crippen molar-refractivity contribution in [2.45, 2.75) is 51.1 Å². The van der Waals surface area contributed by atoms with Gasteiger partial charge >= 0.3 is 0 Å². The Morgan fingerprint density at radius 2 is 1.68 bits per heavy atom. The summed E-state index contributed by atoms with van der Waals surface area (Å²) in [4.78, 5) is 2.75. The van der Waals surface area contributed by atoms with Gasteiger partial charge in [0.05, 0.1) is 0 Å². The average Bonchev–Trinajstić information content (AvgIpc) is 2.61. The molecule has 2 heteroatoms. The summed E-state index contributed by atoms with van der Waals surface area (Å²) in [6, 6.07) is 9.68. The minimum atomic E-state index is 0.643. The molecule has 1 unspecified atom stereocenters. The van der Waals surface area contributed by atoms with E-state index in [-0.39, 0.29) is 0 Å². The van der Waals surface area contributed by atoms with Gasteiger partial charge in [-0.05, 0) is 50.0 Å². The van der Waals surface area contributed by atoms with Crippen molar-refractivity contribution in [1.82, 2.24) is 10.2 Å². The van der Waals surface area contributed by atoms with Crippen molar-refractivity contribution < 1.29 is 0 Å². The molecular formula is C17H26N2. The van der Waals surface area contributed by atoms with Gasteiger partial charge in [-0.25, -0.2) is 0 Å². The molecule has 0 bridgehead atoms. The molecule has 3 rings (SSSR count). The Morgan fingerprint density at radius 3 is 2.53 bits per heavy atom. The van der Waals surface area contributed by atoms with Crippen LogP contribution in [0, 0.1) is 0 Å². The van der Waals surface area contributed by atoms with Crippen molar-refractivity contribution in [1.29, 1.82) is 0 Å². The normalized spacial score (nSPS) is 26.0. The molecule has 0 aromatic heterocycles. The van der Waals surface area contributed by atoms with E-state index in [9.17, 15) is 0 Å². The lowest BCUT2D eigenvalue weighted by Gasteiger charge is -2.33. The van der Waals surface area contributed by atoms with Crippen molar-refractivity contribution >= 4 is 0 Å². The largest absolute Gasteiger partial charge is 0.313 e. The highest BCUT2D eigenvalue weighted by atomic mass is 15.2. The molecular weight excluding hydrogens is 232 g/mol. The van der Waals surface area contributed by atoms with E-state index in [0.717, 1.165) is 13.1 Å². The first-order valence-electron chi connectivity index (χ1n) is 7.98. The average molecular weight is 258 g/mol. The van der Waals surface area contributed by atoms with Crippen molar-refractivity contribution in [3.8, 4) is 0 Å². The van der Waals surface area contributed by atoms with Gasteiger partial charge in [0.1, 0.15) is 0 Å². The summed E-state index contributed by atoms with van der Waals surface area (Å²) < 4.78 is 0. The Bertz CT molecular complexity index is 394. The van der Waals surface area contributed by atoms with E-state index in [1.165, 1.54) is 57.2 Å². The van der Waals surface area contributed by atoms with Gasteiger partial charge in [-0.1, -0.05) is 43.5 Å². The number of nitrogens with zero attached hydrogens (tertiary/aromatic N) is 1. The van der Waals surface area contributed by atoms with E-state index in [2.05, 4.69) is 34.5 Å². The molecule has 104 valence electrons. The first kappa shape index (κ1) is 13.1. The summed E-state index contributed by atoms with van der Waals surface area (Å²) in [7, 11) is 0. The third kappa shape index (κ3) is 3.18. The smallest absolute Gasteiger partial charge is 0.0363 e. The van der Waals surface area contributed by atoms with Crippen LogP contribution in [0.2, 0.25) is 0 Å². The molecule has 0 radical (unpaired) electrons. The Morgan fingerprint density at radius 1 is 0.947 bits per heavy atom. The minimum absolute atomic E-state index is 0.643. The Balaban J connectivity index is 1.81. The van der Waals surface area contributed by atoms with Crippen LogP contribution in [0.25, 0.3) is 0 Å². The fraction of sp³-hybridized carbons (Fsp3) is 0.647. The summed E-state index contributed by atoms with van der Waals surface area (Å²) in [5.41, 5.74) is 3.08. The highest BCUT2D eigenvalue weighted by molar-refractivity contribution is 5.31. The molecule has 2 aliphatic heterocycles. The van der Waals surface area contributed by atoms with E-state index in [1.54, 1.807) is 5.56 Å². The SMILES string of the molecule is c1ccc2c(c1)CNCCC2N1CCCCCCC1. The van der Waals surface area contributed by atoms with Crippen molar-refractivity contribution in [3.63, 3.8) is 0 Å². The Kier molecular flexibility index (Phi) is 4.52. The third-order valence-electron chi connectivity index (χ3n) is 4.66. The van der Waals surface area contributed by atoms with Crippen LogP contribution in [0.5, 0.6) is 0 Å². The van der Waals surface area contributed by atoms with Crippen LogP contribution < -0.4 is 5.32 Å². The molecule has 0 aliphatic carbocycles. The van der Waals surface area contributed by atoms with Gasteiger partial charge in [0, 0.05) is 12.6 Å². The molecule has 0 amide bonds.